The number of nitrogens with one attached hydrogen (secondary N) is 1. The first-order valence-electron chi connectivity index (χ1n) is 10.7. The number of rotatable bonds is 6. The third-order valence-electron chi connectivity index (χ3n) is 5.58. The van der Waals surface area contributed by atoms with Gasteiger partial charge in [-0.2, -0.15) is 0 Å². The van der Waals surface area contributed by atoms with E-state index in [0.29, 0.717) is 24.4 Å². The first-order valence-corrected chi connectivity index (χ1v) is 10.7. The molecule has 2 amide bonds. The molecule has 164 valence electrons. The van der Waals surface area contributed by atoms with E-state index in [1.165, 1.54) is 29.8 Å². The highest BCUT2D eigenvalue weighted by Gasteiger charge is 2.31. The maximum Gasteiger partial charge on any atom is 0.262 e. The Morgan fingerprint density at radius 1 is 1.06 bits per heavy atom. The normalized spacial score (nSPS) is 15.1. The summed E-state index contributed by atoms with van der Waals surface area (Å²) < 4.78 is 18.8. The molecule has 0 aliphatic carbocycles. The third kappa shape index (κ3) is 4.80. The summed E-state index contributed by atoms with van der Waals surface area (Å²) in [6.07, 6.45) is 1.22. The van der Waals surface area contributed by atoms with Gasteiger partial charge in [0.1, 0.15) is 11.6 Å². The number of ether oxygens (including phenoxy) is 1. The quantitative estimate of drug-likeness (QED) is 0.613. The fraction of sp³-hybridized carbons (Fsp3) is 0.231. The van der Waals surface area contributed by atoms with E-state index in [4.69, 9.17) is 4.74 Å². The van der Waals surface area contributed by atoms with Gasteiger partial charge < -0.3 is 15.0 Å². The molecule has 3 aromatic rings. The van der Waals surface area contributed by atoms with Gasteiger partial charge in [-0.15, -0.1) is 0 Å². The Bertz CT molecular complexity index is 1100. The number of halogens is 1. The van der Waals surface area contributed by atoms with Gasteiger partial charge in [0.2, 0.25) is 5.91 Å². The van der Waals surface area contributed by atoms with E-state index in [1.807, 2.05) is 60.4 Å². The van der Waals surface area contributed by atoms with Crippen molar-refractivity contribution >= 4 is 17.5 Å². The highest BCUT2D eigenvalue weighted by atomic mass is 19.1. The molecule has 0 spiro atoms. The lowest BCUT2D eigenvalue weighted by molar-refractivity contribution is -0.132. The third-order valence-corrected chi connectivity index (χ3v) is 5.58. The fourth-order valence-electron chi connectivity index (χ4n) is 4.03. The van der Waals surface area contributed by atoms with Gasteiger partial charge in [-0.1, -0.05) is 43.3 Å². The number of amides is 2. The lowest BCUT2D eigenvalue weighted by atomic mass is 9.87. The van der Waals surface area contributed by atoms with E-state index in [0.717, 1.165) is 17.5 Å². The Hall–Kier alpha value is -3.67. The molecule has 0 saturated carbocycles. The molecule has 4 rings (SSSR count). The number of hydrogen-bond donors (Lipinski definition) is 1. The maximum absolute atomic E-state index is 13.0. The van der Waals surface area contributed by atoms with Crippen LogP contribution in [0.25, 0.3) is 0 Å². The highest BCUT2D eigenvalue weighted by molar-refractivity contribution is 5.91. The van der Waals surface area contributed by atoms with Crippen molar-refractivity contribution in [2.45, 2.75) is 25.8 Å². The smallest absolute Gasteiger partial charge is 0.262 e. The number of nitrogens with zero attached hydrogens (tertiary/aromatic N) is 1. The molecule has 32 heavy (non-hydrogen) atoms. The molecule has 3 aromatic carbocycles. The van der Waals surface area contributed by atoms with Crippen LogP contribution < -0.4 is 10.1 Å². The molecule has 6 heteroatoms. The molecule has 5 nitrogen and oxygen atoms in total. The molecule has 0 fully saturated rings. The van der Waals surface area contributed by atoms with Crippen molar-refractivity contribution < 1.29 is 18.7 Å². The van der Waals surface area contributed by atoms with Gasteiger partial charge in [-0.05, 0) is 59.5 Å². The second-order valence-electron chi connectivity index (χ2n) is 7.71. The van der Waals surface area contributed by atoms with Gasteiger partial charge >= 0.3 is 0 Å². The van der Waals surface area contributed by atoms with Crippen molar-refractivity contribution in [3.8, 4) is 5.75 Å². The van der Waals surface area contributed by atoms with Crippen LogP contribution in [0.2, 0.25) is 0 Å². The predicted molar refractivity (Wildman–Crippen MR) is 121 cm³/mol. The summed E-state index contributed by atoms with van der Waals surface area (Å²) in [6.45, 7) is 2.36. The minimum absolute atomic E-state index is 0.106. The SMILES string of the molecule is CCC(=O)N1CCc2ccc(OCC(=O)Nc3ccc(F)cc3)cc2C1c1ccccc1. The van der Waals surface area contributed by atoms with Crippen LogP contribution in [0.5, 0.6) is 5.75 Å². The molecule has 1 aliphatic rings. The van der Waals surface area contributed by atoms with Crippen LogP contribution in [0.4, 0.5) is 10.1 Å². The lowest BCUT2D eigenvalue weighted by Crippen LogP contribution is -2.40. The van der Waals surface area contributed by atoms with Crippen LogP contribution in [-0.2, 0) is 16.0 Å². The Balaban J connectivity index is 1.53. The summed E-state index contributed by atoms with van der Waals surface area (Å²) in [5, 5.41) is 2.68. The van der Waals surface area contributed by atoms with E-state index in [-0.39, 0.29) is 30.3 Å². The van der Waals surface area contributed by atoms with Crippen molar-refractivity contribution in [1.82, 2.24) is 4.90 Å². The van der Waals surface area contributed by atoms with E-state index >= 15 is 0 Å². The zero-order valence-electron chi connectivity index (χ0n) is 17.9. The number of hydrogen-bond acceptors (Lipinski definition) is 3. The lowest BCUT2D eigenvalue weighted by Gasteiger charge is -2.38. The minimum Gasteiger partial charge on any atom is -0.484 e. The van der Waals surface area contributed by atoms with Gasteiger partial charge in [0, 0.05) is 18.7 Å². The number of carbonyl (C=O) groups excluding carboxylic acids is 2. The number of fused-ring (bicyclic) bond motifs is 1. The molecule has 0 bridgehead atoms. The monoisotopic (exact) mass is 432 g/mol. The number of benzene rings is 3. The Morgan fingerprint density at radius 3 is 2.53 bits per heavy atom. The number of anilines is 1. The molecule has 1 unspecified atom stereocenters. The summed E-state index contributed by atoms with van der Waals surface area (Å²) in [7, 11) is 0. The molecule has 1 heterocycles. The van der Waals surface area contributed by atoms with Crippen LogP contribution in [0.1, 0.15) is 36.1 Å². The van der Waals surface area contributed by atoms with Crippen LogP contribution >= 0.6 is 0 Å². The Morgan fingerprint density at radius 2 is 1.81 bits per heavy atom. The standard InChI is InChI=1S/C26H25FN2O3/c1-2-25(31)29-15-14-18-8-13-22(16-23(18)26(29)19-6-4-3-5-7-19)32-17-24(30)28-21-11-9-20(27)10-12-21/h3-13,16,26H,2,14-15,17H2,1H3,(H,28,30). The van der Waals surface area contributed by atoms with Crippen LogP contribution in [0, 0.1) is 5.82 Å². The molecule has 0 radical (unpaired) electrons. The molecule has 1 atom stereocenters. The van der Waals surface area contributed by atoms with Gasteiger partial charge in [-0.3, -0.25) is 9.59 Å². The summed E-state index contributed by atoms with van der Waals surface area (Å²) in [5.41, 5.74) is 3.73. The van der Waals surface area contributed by atoms with E-state index in [9.17, 15) is 14.0 Å². The first kappa shape index (κ1) is 21.6. The van der Waals surface area contributed by atoms with Crippen molar-refractivity contribution in [2.75, 3.05) is 18.5 Å². The van der Waals surface area contributed by atoms with Gasteiger partial charge in [-0.25, -0.2) is 4.39 Å². The summed E-state index contributed by atoms with van der Waals surface area (Å²) in [4.78, 5) is 26.8. The average molecular weight is 432 g/mol. The zero-order valence-corrected chi connectivity index (χ0v) is 17.9. The Kier molecular flexibility index (Phi) is 6.50. The predicted octanol–water partition coefficient (Wildman–Crippen LogP) is 4.73. The van der Waals surface area contributed by atoms with Crippen LogP contribution in [-0.4, -0.2) is 29.9 Å². The zero-order chi connectivity index (χ0) is 22.5. The summed E-state index contributed by atoms with van der Waals surface area (Å²) in [5.74, 6) is -0.0344. The van der Waals surface area contributed by atoms with Crippen molar-refractivity contribution in [3.63, 3.8) is 0 Å². The molecule has 0 aromatic heterocycles. The average Bonchev–Trinajstić information content (AvgIpc) is 2.83. The van der Waals surface area contributed by atoms with Crippen molar-refractivity contribution in [3.05, 3.63) is 95.3 Å². The van der Waals surface area contributed by atoms with Gasteiger partial charge in [0.05, 0.1) is 6.04 Å². The second-order valence-corrected chi connectivity index (χ2v) is 7.71. The van der Waals surface area contributed by atoms with E-state index < -0.39 is 0 Å². The topological polar surface area (TPSA) is 58.6 Å². The van der Waals surface area contributed by atoms with Crippen LogP contribution in [0.15, 0.2) is 72.8 Å². The first-order chi connectivity index (χ1) is 15.5. The van der Waals surface area contributed by atoms with E-state index in [1.54, 1.807) is 0 Å². The largest absolute Gasteiger partial charge is 0.484 e. The molecule has 1 aliphatic heterocycles. The fourth-order valence-corrected chi connectivity index (χ4v) is 4.03. The van der Waals surface area contributed by atoms with Gasteiger partial charge in [0.15, 0.2) is 6.61 Å². The van der Waals surface area contributed by atoms with Crippen molar-refractivity contribution in [2.24, 2.45) is 0 Å². The van der Waals surface area contributed by atoms with Crippen molar-refractivity contribution in [1.29, 1.82) is 0 Å². The van der Waals surface area contributed by atoms with E-state index in [2.05, 4.69) is 5.32 Å². The summed E-state index contributed by atoms with van der Waals surface area (Å²) >= 11 is 0. The number of carbonyl (C=O) groups is 2. The molecular formula is C26H25FN2O3. The molecule has 0 saturated heterocycles. The maximum atomic E-state index is 13.0. The second kappa shape index (κ2) is 9.64. The Labute approximate surface area is 186 Å². The highest BCUT2D eigenvalue weighted by Crippen LogP contribution is 2.37. The van der Waals surface area contributed by atoms with Gasteiger partial charge in [0.25, 0.3) is 5.91 Å². The van der Waals surface area contributed by atoms with Crippen LogP contribution in [0.3, 0.4) is 0 Å². The molecule has 1 N–H and O–H groups in total. The minimum atomic E-state index is -0.364. The summed E-state index contributed by atoms with van der Waals surface area (Å²) in [6, 6.07) is 21.1. The molecular weight excluding hydrogens is 407 g/mol.